The zero-order valence-electron chi connectivity index (χ0n) is 13.2. The van der Waals surface area contributed by atoms with Gasteiger partial charge in [0, 0.05) is 37.1 Å². The molecule has 0 saturated carbocycles. The van der Waals surface area contributed by atoms with Crippen LogP contribution in [0.15, 0.2) is 54.9 Å². The summed E-state index contributed by atoms with van der Waals surface area (Å²) in [5, 5.41) is 0. The monoisotopic (exact) mass is 296 g/mol. The summed E-state index contributed by atoms with van der Waals surface area (Å²) >= 11 is 0. The standard InChI is InChI=1S/C18H24N4/c1-14(16-9-6-10-19-12-16)22(2)13-17-11-18(21-20-17)15-7-4-3-5-8-15/h3-10,12,14,17-18,20-21H,11,13H2,1-2H3. The van der Waals surface area contributed by atoms with Gasteiger partial charge in [0.2, 0.25) is 0 Å². The molecule has 1 aromatic carbocycles. The second-order valence-electron chi connectivity index (χ2n) is 6.09. The highest BCUT2D eigenvalue weighted by atomic mass is 15.4. The summed E-state index contributed by atoms with van der Waals surface area (Å²) in [4.78, 5) is 6.60. The highest BCUT2D eigenvalue weighted by Crippen LogP contribution is 2.24. The zero-order chi connectivity index (χ0) is 15.4. The maximum Gasteiger partial charge on any atom is 0.0478 e. The van der Waals surface area contributed by atoms with Crippen molar-refractivity contribution in [2.45, 2.75) is 31.5 Å². The van der Waals surface area contributed by atoms with Gasteiger partial charge in [-0.15, -0.1) is 0 Å². The summed E-state index contributed by atoms with van der Waals surface area (Å²) in [6, 6.07) is 16.0. The number of hydrazine groups is 1. The lowest BCUT2D eigenvalue weighted by atomic mass is 10.0. The van der Waals surface area contributed by atoms with Gasteiger partial charge in [0.15, 0.2) is 0 Å². The number of benzene rings is 1. The Morgan fingerprint density at radius 2 is 2.00 bits per heavy atom. The van der Waals surface area contributed by atoms with Crippen LogP contribution < -0.4 is 10.9 Å². The number of hydrogen-bond acceptors (Lipinski definition) is 4. The first kappa shape index (κ1) is 15.2. The summed E-state index contributed by atoms with van der Waals surface area (Å²) in [6.45, 7) is 3.24. The van der Waals surface area contributed by atoms with Crippen molar-refractivity contribution in [1.82, 2.24) is 20.7 Å². The topological polar surface area (TPSA) is 40.2 Å². The molecule has 1 saturated heterocycles. The third kappa shape index (κ3) is 3.53. The van der Waals surface area contributed by atoms with E-state index in [0.29, 0.717) is 18.1 Å². The van der Waals surface area contributed by atoms with Crippen LogP contribution >= 0.6 is 0 Å². The lowest BCUT2D eigenvalue weighted by Crippen LogP contribution is -2.39. The van der Waals surface area contributed by atoms with Gasteiger partial charge < -0.3 is 0 Å². The van der Waals surface area contributed by atoms with E-state index in [-0.39, 0.29) is 0 Å². The van der Waals surface area contributed by atoms with E-state index in [1.165, 1.54) is 11.1 Å². The van der Waals surface area contributed by atoms with Gasteiger partial charge in [-0.1, -0.05) is 36.4 Å². The van der Waals surface area contributed by atoms with E-state index in [9.17, 15) is 0 Å². The Bertz CT molecular complexity index is 572. The molecular weight excluding hydrogens is 272 g/mol. The van der Waals surface area contributed by atoms with Crippen molar-refractivity contribution >= 4 is 0 Å². The van der Waals surface area contributed by atoms with Crippen molar-refractivity contribution in [2.24, 2.45) is 0 Å². The second-order valence-corrected chi connectivity index (χ2v) is 6.09. The Labute approximate surface area is 132 Å². The third-order valence-corrected chi connectivity index (χ3v) is 4.52. The molecule has 116 valence electrons. The Balaban J connectivity index is 1.56. The van der Waals surface area contributed by atoms with Gasteiger partial charge in [0.25, 0.3) is 0 Å². The first-order valence-electron chi connectivity index (χ1n) is 7.90. The van der Waals surface area contributed by atoms with Crippen LogP contribution in [0.3, 0.4) is 0 Å². The Hall–Kier alpha value is -1.75. The molecule has 0 amide bonds. The van der Waals surface area contributed by atoms with Gasteiger partial charge in [-0.25, -0.2) is 5.43 Å². The van der Waals surface area contributed by atoms with E-state index in [1.807, 2.05) is 18.5 Å². The van der Waals surface area contributed by atoms with Crippen LogP contribution in [0.1, 0.15) is 36.6 Å². The van der Waals surface area contributed by atoms with Crippen LogP contribution in [0.4, 0.5) is 0 Å². The molecule has 1 aromatic heterocycles. The van der Waals surface area contributed by atoms with Crippen molar-refractivity contribution < 1.29 is 0 Å². The van der Waals surface area contributed by atoms with Crippen molar-refractivity contribution in [3.8, 4) is 0 Å². The molecule has 4 heteroatoms. The molecule has 0 radical (unpaired) electrons. The molecule has 2 N–H and O–H groups in total. The maximum absolute atomic E-state index is 4.22. The zero-order valence-corrected chi connectivity index (χ0v) is 13.2. The molecule has 2 heterocycles. The number of pyridine rings is 1. The predicted octanol–water partition coefficient (Wildman–Crippen LogP) is 2.68. The van der Waals surface area contributed by atoms with Crippen molar-refractivity contribution in [3.63, 3.8) is 0 Å². The second kappa shape index (κ2) is 7.01. The summed E-state index contributed by atoms with van der Waals surface area (Å²) < 4.78 is 0. The molecule has 3 unspecified atom stereocenters. The number of rotatable bonds is 5. The number of nitrogens with one attached hydrogen (secondary N) is 2. The van der Waals surface area contributed by atoms with Crippen LogP contribution in [-0.2, 0) is 0 Å². The molecule has 1 fully saturated rings. The fraction of sp³-hybridized carbons (Fsp3) is 0.389. The van der Waals surface area contributed by atoms with Crippen LogP contribution in [0.25, 0.3) is 0 Å². The van der Waals surface area contributed by atoms with Crippen molar-refractivity contribution in [2.75, 3.05) is 13.6 Å². The van der Waals surface area contributed by atoms with Crippen LogP contribution in [0.2, 0.25) is 0 Å². The molecule has 4 nitrogen and oxygen atoms in total. The Kier molecular flexibility index (Phi) is 4.83. The molecular formula is C18H24N4. The van der Waals surface area contributed by atoms with E-state index < -0.39 is 0 Å². The quantitative estimate of drug-likeness (QED) is 0.890. The van der Waals surface area contributed by atoms with E-state index in [0.717, 1.165) is 13.0 Å². The average molecular weight is 296 g/mol. The van der Waals surface area contributed by atoms with Gasteiger partial charge in [-0.2, -0.15) is 0 Å². The third-order valence-electron chi connectivity index (χ3n) is 4.52. The smallest absolute Gasteiger partial charge is 0.0478 e. The highest BCUT2D eigenvalue weighted by molar-refractivity contribution is 5.20. The largest absolute Gasteiger partial charge is 0.298 e. The van der Waals surface area contributed by atoms with E-state index >= 15 is 0 Å². The number of likely N-dealkylation sites (N-methyl/N-ethyl adjacent to an activating group) is 1. The normalized spacial score (nSPS) is 22.9. The first-order valence-corrected chi connectivity index (χ1v) is 7.90. The number of aromatic nitrogens is 1. The van der Waals surface area contributed by atoms with Gasteiger partial charge in [0.1, 0.15) is 0 Å². The lowest BCUT2D eigenvalue weighted by molar-refractivity contribution is 0.235. The van der Waals surface area contributed by atoms with Gasteiger partial charge in [-0.3, -0.25) is 15.3 Å². The first-order chi connectivity index (χ1) is 10.7. The molecule has 3 atom stereocenters. The van der Waals surface area contributed by atoms with Crippen LogP contribution in [0, 0.1) is 0 Å². The SMILES string of the molecule is CC(c1cccnc1)N(C)CC1CC(c2ccccc2)NN1. The summed E-state index contributed by atoms with van der Waals surface area (Å²) in [5.74, 6) is 0. The van der Waals surface area contributed by atoms with Crippen molar-refractivity contribution in [1.29, 1.82) is 0 Å². The fourth-order valence-electron chi connectivity index (χ4n) is 3.03. The number of hydrogen-bond donors (Lipinski definition) is 2. The molecule has 22 heavy (non-hydrogen) atoms. The minimum absolute atomic E-state index is 0.367. The molecule has 2 aromatic rings. The lowest BCUT2D eigenvalue weighted by Gasteiger charge is -2.27. The predicted molar refractivity (Wildman–Crippen MR) is 89.1 cm³/mol. The Morgan fingerprint density at radius 1 is 1.18 bits per heavy atom. The number of nitrogens with zero attached hydrogens (tertiary/aromatic N) is 2. The van der Waals surface area contributed by atoms with Crippen molar-refractivity contribution in [3.05, 3.63) is 66.0 Å². The molecule has 1 aliphatic heterocycles. The van der Waals surface area contributed by atoms with Gasteiger partial charge in [-0.05, 0) is 37.6 Å². The molecule has 1 aliphatic rings. The Morgan fingerprint density at radius 3 is 2.73 bits per heavy atom. The van der Waals surface area contributed by atoms with Gasteiger partial charge >= 0.3 is 0 Å². The molecule has 0 spiro atoms. The minimum atomic E-state index is 0.367. The molecule has 0 aliphatic carbocycles. The van der Waals surface area contributed by atoms with Crippen LogP contribution in [0.5, 0.6) is 0 Å². The molecule has 3 rings (SSSR count). The summed E-state index contributed by atoms with van der Waals surface area (Å²) in [6.07, 6.45) is 4.88. The highest BCUT2D eigenvalue weighted by Gasteiger charge is 2.26. The maximum atomic E-state index is 4.22. The van der Waals surface area contributed by atoms with Gasteiger partial charge in [0.05, 0.1) is 0 Å². The fourth-order valence-corrected chi connectivity index (χ4v) is 3.03. The minimum Gasteiger partial charge on any atom is -0.298 e. The summed E-state index contributed by atoms with van der Waals surface area (Å²) in [7, 11) is 2.18. The van der Waals surface area contributed by atoms with Crippen LogP contribution in [-0.4, -0.2) is 29.5 Å². The van der Waals surface area contributed by atoms with E-state index in [2.05, 4.69) is 71.1 Å². The molecule has 0 bridgehead atoms. The van der Waals surface area contributed by atoms with E-state index in [1.54, 1.807) is 0 Å². The average Bonchev–Trinajstić information content (AvgIpc) is 3.04. The van der Waals surface area contributed by atoms with E-state index in [4.69, 9.17) is 0 Å². The summed E-state index contributed by atoms with van der Waals surface area (Å²) in [5.41, 5.74) is 9.46.